The lowest BCUT2D eigenvalue weighted by atomic mass is 10.2. The van der Waals surface area contributed by atoms with Crippen LogP contribution in [0.25, 0.3) is 0 Å². The quantitative estimate of drug-likeness (QED) is 0.610. The van der Waals surface area contributed by atoms with Gasteiger partial charge in [-0.05, 0) is 32.0 Å². The Morgan fingerprint density at radius 1 is 1.09 bits per heavy atom. The minimum absolute atomic E-state index is 0.563. The van der Waals surface area contributed by atoms with Crippen LogP contribution in [0.4, 0.5) is 0 Å². The second-order valence-corrected chi connectivity index (χ2v) is 4.91. The number of rotatable bonds is 7. The Kier molecular flexibility index (Phi) is 6.91. The zero-order chi connectivity index (χ0) is 16.3. The molecule has 0 saturated carbocycles. The van der Waals surface area contributed by atoms with Gasteiger partial charge in [0.1, 0.15) is 5.75 Å². The molecule has 1 heterocycles. The molecule has 0 aliphatic rings. The summed E-state index contributed by atoms with van der Waals surface area (Å²) in [6.07, 6.45) is 1.79. The Bertz CT molecular complexity index is 613. The van der Waals surface area contributed by atoms with Gasteiger partial charge in [-0.25, -0.2) is 4.99 Å². The Morgan fingerprint density at radius 2 is 1.91 bits per heavy atom. The molecular weight excluding hydrogens is 288 g/mol. The molecule has 1 aromatic heterocycles. The van der Waals surface area contributed by atoms with Crippen LogP contribution in [0.3, 0.4) is 0 Å². The lowest BCUT2D eigenvalue weighted by molar-refractivity contribution is 0.336. The number of hydrogen-bond acceptors (Lipinski definition) is 3. The fourth-order valence-electron chi connectivity index (χ4n) is 2.11. The normalized spacial score (nSPS) is 11.1. The van der Waals surface area contributed by atoms with Crippen LogP contribution in [0.2, 0.25) is 0 Å². The van der Waals surface area contributed by atoms with Gasteiger partial charge in [0.2, 0.25) is 0 Å². The number of hydrogen-bond donors (Lipinski definition) is 2. The van der Waals surface area contributed by atoms with Gasteiger partial charge in [0, 0.05) is 18.3 Å². The summed E-state index contributed by atoms with van der Waals surface area (Å²) < 4.78 is 5.64. The van der Waals surface area contributed by atoms with Crippen molar-refractivity contribution in [1.29, 1.82) is 0 Å². The lowest BCUT2D eigenvalue weighted by Crippen LogP contribution is -2.37. The molecule has 0 atom stereocenters. The largest absolute Gasteiger partial charge is 0.494 e. The Hall–Kier alpha value is -2.56. The molecule has 5 heteroatoms. The lowest BCUT2D eigenvalue weighted by Gasteiger charge is -2.12. The van der Waals surface area contributed by atoms with Crippen molar-refractivity contribution in [3.05, 3.63) is 59.9 Å². The van der Waals surface area contributed by atoms with Crippen molar-refractivity contribution in [2.45, 2.75) is 26.9 Å². The average Bonchev–Trinajstić information content (AvgIpc) is 2.60. The molecule has 2 rings (SSSR count). The van der Waals surface area contributed by atoms with E-state index in [1.54, 1.807) is 6.20 Å². The maximum atomic E-state index is 5.64. The van der Waals surface area contributed by atoms with E-state index in [1.165, 1.54) is 0 Å². The molecule has 0 amide bonds. The highest BCUT2D eigenvalue weighted by Gasteiger charge is 2.03. The highest BCUT2D eigenvalue weighted by Crippen LogP contribution is 2.18. The van der Waals surface area contributed by atoms with E-state index in [0.717, 1.165) is 29.5 Å². The third-order valence-electron chi connectivity index (χ3n) is 3.19. The Morgan fingerprint density at radius 3 is 2.65 bits per heavy atom. The molecule has 122 valence electrons. The summed E-state index contributed by atoms with van der Waals surface area (Å²) in [5, 5.41) is 6.54. The van der Waals surface area contributed by atoms with E-state index < -0.39 is 0 Å². The standard InChI is InChI=1S/C18H24N4O/c1-3-19-18(22-14-16-10-7-8-12-20-16)21-13-15-9-5-6-11-17(15)23-4-2/h5-12H,3-4,13-14H2,1-2H3,(H2,19,21,22). The summed E-state index contributed by atoms with van der Waals surface area (Å²) >= 11 is 0. The van der Waals surface area contributed by atoms with E-state index in [9.17, 15) is 0 Å². The number of pyridine rings is 1. The second-order valence-electron chi connectivity index (χ2n) is 4.91. The van der Waals surface area contributed by atoms with E-state index in [2.05, 4.69) is 20.6 Å². The van der Waals surface area contributed by atoms with Gasteiger partial charge in [-0.2, -0.15) is 0 Å². The number of aliphatic imine (C=N–C) groups is 1. The highest BCUT2D eigenvalue weighted by molar-refractivity contribution is 5.79. The molecule has 0 saturated heterocycles. The zero-order valence-corrected chi connectivity index (χ0v) is 13.7. The van der Waals surface area contributed by atoms with Gasteiger partial charge in [0.05, 0.1) is 25.4 Å². The van der Waals surface area contributed by atoms with Gasteiger partial charge in [-0.3, -0.25) is 4.98 Å². The van der Waals surface area contributed by atoms with Crippen molar-refractivity contribution in [1.82, 2.24) is 15.6 Å². The summed E-state index contributed by atoms with van der Waals surface area (Å²) in [4.78, 5) is 8.93. The predicted molar refractivity (Wildman–Crippen MR) is 93.5 cm³/mol. The average molecular weight is 312 g/mol. The maximum absolute atomic E-state index is 5.64. The molecule has 23 heavy (non-hydrogen) atoms. The molecular formula is C18H24N4O. The van der Waals surface area contributed by atoms with Crippen LogP contribution in [0, 0.1) is 0 Å². The monoisotopic (exact) mass is 312 g/mol. The minimum Gasteiger partial charge on any atom is -0.494 e. The molecule has 0 bridgehead atoms. The Balaban J connectivity index is 2.01. The molecule has 2 aromatic rings. The first-order valence-electron chi connectivity index (χ1n) is 7.96. The maximum Gasteiger partial charge on any atom is 0.191 e. The minimum atomic E-state index is 0.563. The van der Waals surface area contributed by atoms with Crippen LogP contribution in [0.15, 0.2) is 53.7 Å². The van der Waals surface area contributed by atoms with E-state index in [4.69, 9.17) is 4.74 Å². The van der Waals surface area contributed by atoms with Crippen LogP contribution in [-0.2, 0) is 13.1 Å². The fourth-order valence-corrected chi connectivity index (χ4v) is 2.11. The van der Waals surface area contributed by atoms with Gasteiger partial charge in [0.15, 0.2) is 5.96 Å². The van der Waals surface area contributed by atoms with Gasteiger partial charge in [-0.1, -0.05) is 24.3 Å². The molecule has 0 aliphatic carbocycles. The number of ether oxygens (including phenoxy) is 1. The van der Waals surface area contributed by atoms with Crippen molar-refractivity contribution >= 4 is 5.96 Å². The summed E-state index contributed by atoms with van der Waals surface area (Å²) in [6.45, 7) is 6.69. The third kappa shape index (κ3) is 5.62. The zero-order valence-electron chi connectivity index (χ0n) is 13.7. The predicted octanol–water partition coefficient (Wildman–Crippen LogP) is 2.74. The SMILES string of the molecule is CCNC(=NCc1ccccc1OCC)NCc1ccccn1. The molecule has 0 spiro atoms. The van der Waals surface area contributed by atoms with Crippen molar-refractivity contribution in [3.63, 3.8) is 0 Å². The number of nitrogens with zero attached hydrogens (tertiary/aromatic N) is 2. The molecule has 0 radical (unpaired) electrons. The first-order chi connectivity index (χ1) is 11.3. The number of guanidine groups is 1. The summed E-state index contributed by atoms with van der Waals surface area (Å²) in [5.41, 5.74) is 2.05. The van der Waals surface area contributed by atoms with Crippen LogP contribution < -0.4 is 15.4 Å². The topological polar surface area (TPSA) is 58.5 Å². The van der Waals surface area contributed by atoms with Crippen LogP contribution in [0.1, 0.15) is 25.1 Å². The molecule has 0 aliphatic heterocycles. The van der Waals surface area contributed by atoms with Crippen LogP contribution in [-0.4, -0.2) is 24.1 Å². The number of aromatic nitrogens is 1. The van der Waals surface area contributed by atoms with Crippen molar-refractivity contribution < 1.29 is 4.74 Å². The third-order valence-corrected chi connectivity index (χ3v) is 3.19. The van der Waals surface area contributed by atoms with Gasteiger partial charge in [-0.15, -0.1) is 0 Å². The number of nitrogens with one attached hydrogen (secondary N) is 2. The number of benzene rings is 1. The smallest absolute Gasteiger partial charge is 0.191 e. The summed E-state index contributed by atoms with van der Waals surface area (Å²) in [5.74, 6) is 1.66. The highest BCUT2D eigenvalue weighted by atomic mass is 16.5. The van der Waals surface area contributed by atoms with Crippen molar-refractivity contribution in [3.8, 4) is 5.75 Å². The first kappa shape index (κ1) is 16.8. The number of para-hydroxylation sites is 1. The molecule has 0 unspecified atom stereocenters. The van der Waals surface area contributed by atoms with Crippen molar-refractivity contribution in [2.24, 2.45) is 4.99 Å². The van der Waals surface area contributed by atoms with E-state index in [0.29, 0.717) is 19.7 Å². The van der Waals surface area contributed by atoms with E-state index >= 15 is 0 Å². The van der Waals surface area contributed by atoms with E-state index in [1.807, 2.05) is 56.3 Å². The molecule has 2 N–H and O–H groups in total. The summed E-state index contributed by atoms with van der Waals surface area (Å²) in [7, 11) is 0. The van der Waals surface area contributed by atoms with Gasteiger partial charge >= 0.3 is 0 Å². The summed E-state index contributed by atoms with van der Waals surface area (Å²) in [6, 6.07) is 13.9. The second kappa shape index (κ2) is 9.46. The van der Waals surface area contributed by atoms with Crippen LogP contribution in [0.5, 0.6) is 5.75 Å². The van der Waals surface area contributed by atoms with E-state index in [-0.39, 0.29) is 0 Å². The van der Waals surface area contributed by atoms with Gasteiger partial charge < -0.3 is 15.4 Å². The van der Waals surface area contributed by atoms with Crippen molar-refractivity contribution in [2.75, 3.05) is 13.2 Å². The van der Waals surface area contributed by atoms with Crippen LogP contribution >= 0.6 is 0 Å². The molecule has 5 nitrogen and oxygen atoms in total. The van der Waals surface area contributed by atoms with Gasteiger partial charge in [0.25, 0.3) is 0 Å². The fraction of sp³-hybridized carbons (Fsp3) is 0.333. The molecule has 1 aromatic carbocycles. The molecule has 0 fully saturated rings. The Labute approximate surface area is 137 Å². The first-order valence-corrected chi connectivity index (χ1v) is 7.96.